The molecule has 168 valence electrons. The summed E-state index contributed by atoms with van der Waals surface area (Å²) < 4.78 is 0. The number of aromatic nitrogens is 1. The van der Waals surface area contributed by atoms with Crippen molar-refractivity contribution in [3.63, 3.8) is 0 Å². The standard InChI is InChI=1S/C29H30N2OS/c1-3-4-5-10-22(25-17-19-33-20-25)15-16-23-11-6-9-21(2)27(23)29(32)31-26-14-7-12-24-13-8-18-30-28(24)26/h6-9,11-15,17-20H,3-5,10,16H2,1-2H3,(H,31,32). The van der Waals surface area contributed by atoms with Crippen molar-refractivity contribution in [3.8, 4) is 0 Å². The molecule has 0 radical (unpaired) electrons. The lowest BCUT2D eigenvalue weighted by atomic mass is 9.95. The first kappa shape index (κ1) is 22.9. The van der Waals surface area contributed by atoms with Crippen LogP contribution in [0.15, 0.2) is 77.6 Å². The molecule has 0 spiro atoms. The third-order valence-electron chi connectivity index (χ3n) is 5.98. The summed E-state index contributed by atoms with van der Waals surface area (Å²) in [6.07, 6.45) is 9.50. The minimum absolute atomic E-state index is 0.0854. The minimum atomic E-state index is -0.0854. The summed E-state index contributed by atoms with van der Waals surface area (Å²) in [4.78, 5) is 17.9. The minimum Gasteiger partial charge on any atom is -0.320 e. The Hall–Kier alpha value is -3.24. The Morgan fingerprint density at radius 1 is 1.06 bits per heavy atom. The summed E-state index contributed by atoms with van der Waals surface area (Å²) in [6.45, 7) is 4.24. The number of pyridine rings is 1. The predicted molar refractivity (Wildman–Crippen MR) is 141 cm³/mol. The number of nitrogens with zero attached hydrogens (tertiary/aromatic N) is 1. The molecule has 0 aliphatic carbocycles. The molecule has 3 nitrogen and oxygen atoms in total. The van der Waals surface area contributed by atoms with Gasteiger partial charge in [0.25, 0.3) is 5.91 Å². The molecule has 2 aromatic carbocycles. The maximum Gasteiger partial charge on any atom is 0.256 e. The first-order chi connectivity index (χ1) is 16.2. The Balaban J connectivity index is 1.61. The zero-order valence-corrected chi connectivity index (χ0v) is 20.1. The molecule has 4 rings (SSSR count). The van der Waals surface area contributed by atoms with Crippen molar-refractivity contribution >= 4 is 39.4 Å². The van der Waals surface area contributed by atoms with E-state index in [4.69, 9.17) is 0 Å². The van der Waals surface area contributed by atoms with E-state index in [2.05, 4.69) is 46.2 Å². The van der Waals surface area contributed by atoms with Crippen LogP contribution in [-0.4, -0.2) is 10.9 Å². The molecule has 4 aromatic rings. The van der Waals surface area contributed by atoms with Crippen LogP contribution in [0.2, 0.25) is 0 Å². The van der Waals surface area contributed by atoms with Gasteiger partial charge in [-0.3, -0.25) is 9.78 Å². The summed E-state index contributed by atoms with van der Waals surface area (Å²) in [7, 11) is 0. The van der Waals surface area contributed by atoms with E-state index in [1.807, 2.05) is 49.4 Å². The number of para-hydroxylation sites is 1. The molecule has 2 aromatic heterocycles. The molecule has 0 unspecified atom stereocenters. The van der Waals surface area contributed by atoms with Crippen molar-refractivity contribution in [1.82, 2.24) is 4.98 Å². The molecular formula is C29H30N2OS. The topological polar surface area (TPSA) is 42.0 Å². The van der Waals surface area contributed by atoms with Crippen molar-refractivity contribution in [2.24, 2.45) is 0 Å². The number of thiophene rings is 1. The molecule has 0 saturated heterocycles. The number of nitrogens with one attached hydrogen (secondary N) is 1. The number of anilines is 1. The summed E-state index contributed by atoms with van der Waals surface area (Å²) in [5.74, 6) is -0.0854. The van der Waals surface area contributed by atoms with E-state index in [0.29, 0.717) is 0 Å². The lowest BCUT2D eigenvalue weighted by molar-refractivity contribution is 0.102. The van der Waals surface area contributed by atoms with Crippen molar-refractivity contribution in [1.29, 1.82) is 0 Å². The van der Waals surface area contributed by atoms with E-state index < -0.39 is 0 Å². The highest BCUT2D eigenvalue weighted by Crippen LogP contribution is 2.26. The molecule has 4 heteroatoms. The highest BCUT2D eigenvalue weighted by molar-refractivity contribution is 7.08. The Bertz CT molecular complexity index is 1250. The Kier molecular flexibility index (Phi) is 7.69. The van der Waals surface area contributed by atoms with Gasteiger partial charge < -0.3 is 5.32 Å². The van der Waals surface area contributed by atoms with Crippen LogP contribution in [-0.2, 0) is 6.42 Å². The van der Waals surface area contributed by atoms with Crippen LogP contribution < -0.4 is 5.32 Å². The van der Waals surface area contributed by atoms with Crippen molar-refractivity contribution in [2.75, 3.05) is 5.32 Å². The fourth-order valence-electron chi connectivity index (χ4n) is 4.22. The van der Waals surface area contributed by atoms with Crippen LogP contribution >= 0.6 is 11.3 Å². The van der Waals surface area contributed by atoms with Gasteiger partial charge in [-0.1, -0.05) is 62.2 Å². The molecule has 0 saturated carbocycles. The van der Waals surface area contributed by atoms with Gasteiger partial charge in [-0.25, -0.2) is 0 Å². The number of benzene rings is 2. The molecule has 1 N–H and O–H groups in total. The molecule has 0 aliphatic heterocycles. The fourth-order valence-corrected chi connectivity index (χ4v) is 4.90. The first-order valence-corrected chi connectivity index (χ1v) is 12.6. The first-order valence-electron chi connectivity index (χ1n) is 11.6. The lowest BCUT2D eigenvalue weighted by Gasteiger charge is -2.14. The molecule has 1 amide bonds. The maximum absolute atomic E-state index is 13.4. The molecule has 0 bridgehead atoms. The molecule has 0 fully saturated rings. The average Bonchev–Trinajstić information content (AvgIpc) is 3.36. The van der Waals surface area contributed by atoms with Gasteiger partial charge in [-0.15, -0.1) is 0 Å². The highest BCUT2D eigenvalue weighted by Gasteiger charge is 2.16. The molecular weight excluding hydrogens is 424 g/mol. The number of rotatable bonds is 9. The van der Waals surface area contributed by atoms with E-state index in [0.717, 1.165) is 46.1 Å². The molecule has 0 aliphatic rings. The number of carbonyl (C=O) groups excluding carboxylic acids is 1. The smallest absolute Gasteiger partial charge is 0.256 e. The molecule has 2 heterocycles. The van der Waals surface area contributed by atoms with Gasteiger partial charge in [0.1, 0.15) is 0 Å². The van der Waals surface area contributed by atoms with Crippen molar-refractivity contribution in [3.05, 3.63) is 99.9 Å². The van der Waals surface area contributed by atoms with Crippen LogP contribution in [0.25, 0.3) is 16.5 Å². The van der Waals surface area contributed by atoms with Crippen LogP contribution in [0.3, 0.4) is 0 Å². The predicted octanol–water partition coefficient (Wildman–Crippen LogP) is 8.06. The normalized spacial score (nSPS) is 11.6. The lowest BCUT2D eigenvalue weighted by Crippen LogP contribution is -2.16. The van der Waals surface area contributed by atoms with Crippen molar-refractivity contribution < 1.29 is 4.79 Å². The van der Waals surface area contributed by atoms with Crippen LogP contribution in [0.1, 0.15) is 59.7 Å². The number of aryl methyl sites for hydroxylation is 1. The summed E-state index contributed by atoms with van der Waals surface area (Å²) in [5.41, 5.74) is 6.99. The maximum atomic E-state index is 13.4. The second-order valence-electron chi connectivity index (χ2n) is 8.35. The quantitative estimate of drug-likeness (QED) is 0.260. The Labute approximate surface area is 200 Å². The number of unbranched alkanes of at least 4 members (excludes halogenated alkanes) is 2. The SMILES string of the molecule is CCCCCC(=CCc1cccc(C)c1C(=O)Nc1cccc2cccnc12)c1ccsc1. The zero-order valence-electron chi connectivity index (χ0n) is 19.3. The van der Waals surface area contributed by atoms with Gasteiger partial charge >= 0.3 is 0 Å². The highest BCUT2D eigenvalue weighted by atomic mass is 32.1. The van der Waals surface area contributed by atoms with E-state index in [-0.39, 0.29) is 5.91 Å². The van der Waals surface area contributed by atoms with E-state index in [1.54, 1.807) is 17.5 Å². The molecule has 0 atom stereocenters. The Morgan fingerprint density at radius 3 is 2.73 bits per heavy atom. The molecule has 33 heavy (non-hydrogen) atoms. The summed E-state index contributed by atoms with van der Waals surface area (Å²) in [5, 5.41) is 8.48. The second-order valence-corrected chi connectivity index (χ2v) is 9.13. The largest absolute Gasteiger partial charge is 0.320 e. The number of amides is 1. The zero-order chi connectivity index (χ0) is 23.0. The number of hydrogen-bond donors (Lipinski definition) is 1. The van der Waals surface area contributed by atoms with Crippen LogP contribution in [0.5, 0.6) is 0 Å². The van der Waals surface area contributed by atoms with Crippen LogP contribution in [0.4, 0.5) is 5.69 Å². The number of carbonyl (C=O) groups is 1. The van der Waals surface area contributed by atoms with Gasteiger partial charge in [0, 0.05) is 17.1 Å². The van der Waals surface area contributed by atoms with E-state index in [1.165, 1.54) is 30.4 Å². The van der Waals surface area contributed by atoms with Gasteiger partial charge in [0.2, 0.25) is 0 Å². The third-order valence-corrected chi connectivity index (χ3v) is 6.66. The number of allylic oxidation sites excluding steroid dienone is 2. The third kappa shape index (κ3) is 5.58. The van der Waals surface area contributed by atoms with Gasteiger partial charge in [0.15, 0.2) is 0 Å². The van der Waals surface area contributed by atoms with E-state index >= 15 is 0 Å². The fraction of sp³-hybridized carbons (Fsp3) is 0.241. The van der Waals surface area contributed by atoms with Crippen molar-refractivity contribution in [2.45, 2.75) is 46.0 Å². The Morgan fingerprint density at radius 2 is 1.91 bits per heavy atom. The van der Waals surface area contributed by atoms with Gasteiger partial charge in [-0.05, 0) is 77.4 Å². The second kappa shape index (κ2) is 11.1. The number of fused-ring (bicyclic) bond motifs is 1. The van der Waals surface area contributed by atoms with E-state index in [9.17, 15) is 4.79 Å². The van der Waals surface area contributed by atoms with Gasteiger partial charge in [-0.2, -0.15) is 11.3 Å². The summed E-state index contributed by atoms with van der Waals surface area (Å²) in [6, 6.07) is 18.1. The van der Waals surface area contributed by atoms with Crippen LogP contribution in [0, 0.1) is 6.92 Å². The van der Waals surface area contributed by atoms with Gasteiger partial charge in [0.05, 0.1) is 11.2 Å². The monoisotopic (exact) mass is 454 g/mol. The number of hydrogen-bond acceptors (Lipinski definition) is 3. The average molecular weight is 455 g/mol. The summed E-state index contributed by atoms with van der Waals surface area (Å²) >= 11 is 1.73.